The van der Waals surface area contributed by atoms with Gasteiger partial charge in [-0.1, -0.05) is 216 Å². The predicted octanol–water partition coefficient (Wildman–Crippen LogP) is 19.8. The van der Waals surface area contributed by atoms with E-state index in [1.54, 1.807) is 29.0 Å². The third-order valence-electron chi connectivity index (χ3n) is 16.3. The van der Waals surface area contributed by atoms with E-state index in [-0.39, 0.29) is 22.7 Å². The zero-order chi connectivity index (χ0) is 53.0. The minimum atomic E-state index is 0.0976. The van der Waals surface area contributed by atoms with Crippen molar-refractivity contribution in [2.24, 2.45) is 34.6 Å². The van der Waals surface area contributed by atoms with Crippen molar-refractivity contribution in [3.63, 3.8) is 0 Å². The van der Waals surface area contributed by atoms with Crippen LogP contribution in [0.15, 0.2) is 132 Å². The Bertz CT molecular complexity index is 2500. The number of aromatic nitrogens is 1. The number of pyridine rings is 1. The molecule has 3 aromatic rings. The highest BCUT2D eigenvalue weighted by Gasteiger charge is 2.46. The molecule has 1 aromatic carbocycles. The van der Waals surface area contributed by atoms with Crippen molar-refractivity contribution in [3.05, 3.63) is 164 Å². The van der Waals surface area contributed by atoms with E-state index in [1.165, 1.54) is 146 Å². The normalized spacial score (nSPS) is 18.5. The Morgan fingerprint density at radius 1 is 0.890 bits per heavy atom. The Morgan fingerprint density at radius 3 is 2.16 bits per heavy atom. The van der Waals surface area contributed by atoms with Gasteiger partial charge >= 0.3 is 0 Å². The second kappa shape index (κ2) is 29.3. The van der Waals surface area contributed by atoms with Crippen LogP contribution < -0.4 is 11.5 Å². The molecule has 3 aliphatic rings. The maximum atomic E-state index is 7.07. The van der Waals surface area contributed by atoms with E-state index < -0.39 is 0 Å². The Kier molecular flexibility index (Phi) is 23.7. The molecular formula is C69H97N3S. The van der Waals surface area contributed by atoms with Gasteiger partial charge in [0.1, 0.15) is 0 Å². The molecule has 0 aliphatic heterocycles. The van der Waals surface area contributed by atoms with Gasteiger partial charge in [0.05, 0.1) is 0 Å². The van der Waals surface area contributed by atoms with E-state index in [0.717, 1.165) is 42.5 Å². The van der Waals surface area contributed by atoms with Gasteiger partial charge in [-0.25, -0.2) is 0 Å². The third kappa shape index (κ3) is 16.1. The smallest absolute Gasteiger partial charge is 0.0450 e. The van der Waals surface area contributed by atoms with Crippen molar-refractivity contribution in [2.45, 2.75) is 209 Å². The number of fused-ring (bicyclic) bond motifs is 2. The van der Waals surface area contributed by atoms with Crippen LogP contribution in [0, 0.1) is 35.5 Å². The molecular weight excluding hydrogens is 903 g/mol. The fourth-order valence-electron chi connectivity index (χ4n) is 11.5. The van der Waals surface area contributed by atoms with Crippen LogP contribution in [0.3, 0.4) is 0 Å². The predicted molar refractivity (Wildman–Crippen MR) is 323 cm³/mol. The second-order valence-electron chi connectivity index (χ2n) is 23.1. The number of hydrogen-bond acceptors (Lipinski definition) is 4. The molecule has 3 nitrogen and oxygen atoms in total. The van der Waals surface area contributed by atoms with Gasteiger partial charge in [-0.05, 0) is 158 Å². The Labute approximate surface area is 450 Å². The molecule has 0 amide bonds. The highest BCUT2D eigenvalue weighted by Crippen LogP contribution is 2.58. The summed E-state index contributed by atoms with van der Waals surface area (Å²) in [6, 6.07) is 16.1. The number of rotatable bonds is 25. The van der Waals surface area contributed by atoms with Gasteiger partial charge in [0.2, 0.25) is 0 Å². The summed E-state index contributed by atoms with van der Waals surface area (Å²) >= 11 is 1.93. The average molecular weight is 1000 g/mol. The van der Waals surface area contributed by atoms with Gasteiger partial charge in [0, 0.05) is 45.1 Å². The van der Waals surface area contributed by atoms with E-state index in [9.17, 15) is 0 Å². The van der Waals surface area contributed by atoms with Crippen LogP contribution in [0.25, 0.3) is 16.7 Å². The van der Waals surface area contributed by atoms with Crippen molar-refractivity contribution in [1.29, 1.82) is 0 Å². The topological polar surface area (TPSA) is 64.9 Å². The van der Waals surface area contributed by atoms with Crippen molar-refractivity contribution in [3.8, 4) is 12.3 Å². The Hall–Kier alpha value is -4.85. The zero-order valence-corrected chi connectivity index (χ0v) is 48.5. The minimum absolute atomic E-state index is 0.0976. The lowest BCUT2D eigenvalue weighted by molar-refractivity contribution is 0.273. The average Bonchev–Trinajstić information content (AvgIpc) is 3.98. The number of terminal acetylenes is 1. The number of nitrogens with zero attached hydrogens (tertiary/aromatic N) is 1. The lowest BCUT2D eigenvalue weighted by atomic mass is 9.64. The standard InChI is InChI=1S/C55H81NS.C14H16N2/c1-11-14-16-18-20-22-35-55(36-23-21-19-17-15-12-2)49-37-43(27-29-47(49)48-30-28-44(38-50(48)55)54(8,9)10)40(6)25-26-42(24-13-3)46-32-31-45(41(7)53(46)56)52-34-33-51(57-52)39(4)5;1-3-14(12(2)6-4-8-15)10-13-7-5-9-16-11-13/h25-31,33-34,37,39,44,46H,11-24,32,35-36,38,56H2,1-10H3;1,4-9,11,14H,10,15H2,2H3/b40-25+,42-26+;8-4-,12-6+. The van der Waals surface area contributed by atoms with Gasteiger partial charge in [-0.15, -0.1) is 17.8 Å². The molecule has 73 heavy (non-hydrogen) atoms. The van der Waals surface area contributed by atoms with Crippen LogP contribution in [0.5, 0.6) is 0 Å². The highest BCUT2D eigenvalue weighted by molar-refractivity contribution is 7.13. The Balaban J connectivity index is 0.000000525. The summed E-state index contributed by atoms with van der Waals surface area (Å²) in [5.74, 6) is 4.29. The number of thiophene rings is 1. The van der Waals surface area contributed by atoms with E-state index >= 15 is 0 Å². The van der Waals surface area contributed by atoms with Crippen molar-refractivity contribution in [2.75, 3.05) is 0 Å². The summed E-state index contributed by atoms with van der Waals surface area (Å²) in [4.78, 5) is 6.87. The van der Waals surface area contributed by atoms with Gasteiger partial charge < -0.3 is 11.5 Å². The molecule has 2 aromatic heterocycles. The van der Waals surface area contributed by atoms with Crippen LogP contribution in [0.4, 0.5) is 0 Å². The summed E-state index contributed by atoms with van der Waals surface area (Å²) in [7, 11) is 0. The Morgan fingerprint density at radius 2 is 1.58 bits per heavy atom. The first-order chi connectivity index (χ1) is 35.1. The van der Waals surface area contributed by atoms with Crippen molar-refractivity contribution >= 4 is 28.1 Å². The molecule has 3 unspecified atom stereocenters. The number of unbranched alkanes of at least 4 members (excludes halogenated alkanes) is 10. The van der Waals surface area contributed by atoms with Crippen LogP contribution >= 0.6 is 11.3 Å². The number of nitrogens with two attached hydrogens (primary N) is 2. The van der Waals surface area contributed by atoms with Gasteiger partial charge in [-0.2, -0.15) is 0 Å². The lowest BCUT2D eigenvalue weighted by Crippen LogP contribution is -2.31. The monoisotopic (exact) mass is 1000 g/mol. The van der Waals surface area contributed by atoms with Crippen LogP contribution in [-0.2, 0) is 11.8 Å². The maximum Gasteiger partial charge on any atom is 0.0450 e. The first-order valence-corrected chi connectivity index (χ1v) is 29.6. The first-order valence-electron chi connectivity index (χ1n) is 28.7. The van der Waals surface area contributed by atoms with E-state index in [0.29, 0.717) is 11.8 Å². The fraction of sp³-hybridized carbons (Fsp3) is 0.522. The molecule has 394 valence electrons. The van der Waals surface area contributed by atoms with E-state index in [4.69, 9.17) is 17.9 Å². The van der Waals surface area contributed by atoms with Crippen molar-refractivity contribution in [1.82, 2.24) is 4.98 Å². The van der Waals surface area contributed by atoms with Gasteiger partial charge in [0.25, 0.3) is 0 Å². The minimum Gasteiger partial charge on any atom is -0.405 e. The molecule has 0 saturated heterocycles. The lowest BCUT2D eigenvalue weighted by Gasteiger charge is -2.39. The summed E-state index contributed by atoms with van der Waals surface area (Å²) < 4.78 is 0. The number of benzene rings is 1. The number of hydrogen-bond donors (Lipinski definition) is 2. The number of allylic oxidation sites excluding steroid dienone is 14. The maximum absolute atomic E-state index is 7.07. The van der Waals surface area contributed by atoms with Crippen LogP contribution in [0.1, 0.15) is 230 Å². The van der Waals surface area contributed by atoms with E-state index in [2.05, 4.69) is 141 Å². The summed E-state index contributed by atoms with van der Waals surface area (Å²) in [5.41, 5.74) is 29.4. The molecule has 3 aliphatic carbocycles. The molecule has 0 bridgehead atoms. The fourth-order valence-corrected chi connectivity index (χ4v) is 12.6. The van der Waals surface area contributed by atoms with Crippen LogP contribution in [0.2, 0.25) is 0 Å². The highest BCUT2D eigenvalue weighted by atomic mass is 32.1. The van der Waals surface area contributed by atoms with Crippen LogP contribution in [-0.4, -0.2) is 4.98 Å². The quantitative estimate of drug-likeness (QED) is 0.0505. The van der Waals surface area contributed by atoms with Gasteiger partial charge in [0.15, 0.2) is 0 Å². The third-order valence-corrected chi connectivity index (χ3v) is 17.7. The molecule has 0 fully saturated rings. The first kappa shape index (κ1) is 59.0. The van der Waals surface area contributed by atoms with Gasteiger partial charge in [-0.3, -0.25) is 4.98 Å². The summed E-state index contributed by atoms with van der Waals surface area (Å²) in [5, 5.41) is 0. The molecule has 0 radical (unpaired) electrons. The molecule has 0 spiro atoms. The molecule has 4 heteroatoms. The summed E-state index contributed by atoms with van der Waals surface area (Å²) in [6.07, 6.45) is 50.9. The molecule has 2 heterocycles. The SMILES string of the molecule is C#CC(Cc1cccnc1)/C(C)=C/C=C\N.CCCCCCCCC1(CCCCCCCC)C2=C(C=CC(C(C)(C)C)C2)c2ccc(/C(C)=C/C=C(\CCC)C3CC=C(c4ccc(C(C)C)s4)C(C)=C3N)cc21. The molecule has 6 rings (SSSR count). The molecule has 4 N–H and O–H groups in total. The molecule has 0 saturated carbocycles. The largest absolute Gasteiger partial charge is 0.405 e. The zero-order valence-electron chi connectivity index (χ0n) is 47.6. The molecule has 3 atom stereocenters. The second-order valence-corrected chi connectivity index (χ2v) is 24.2. The van der Waals surface area contributed by atoms with Crippen molar-refractivity contribution < 1.29 is 0 Å². The summed E-state index contributed by atoms with van der Waals surface area (Å²) in [6.45, 7) is 25.5. The van der Waals surface area contributed by atoms with E-state index in [1.807, 2.05) is 42.7 Å².